The summed E-state index contributed by atoms with van der Waals surface area (Å²) in [5.74, 6) is 0.995. The number of nitrogens with zero attached hydrogens (tertiary/aromatic N) is 4. The SMILES string of the molecule is CC=C1CCCC1.CNc1c(C)c(-c2cnn(C)c2)nn1-c1ccccc1.NC=O.c1ccccc1. The standard InChI is InChI=1S/C15H17N5.C7H12.C6H6.CH3NO/c1-11-14(12-9-17-19(3)10-12)18-20(15(11)16-2)13-7-5-4-6-8-13;1-2-7-5-3-4-6-7;1-2-4-6-5-3-1;2-1-3/h4-10,16H,1-3H3;2H,3-6H2,1H3;1-6H;1H,(H2,2,3). The first-order chi connectivity index (χ1) is 17.5. The third kappa shape index (κ3) is 8.58. The van der Waals surface area contributed by atoms with Gasteiger partial charge in [-0.05, 0) is 51.7 Å². The summed E-state index contributed by atoms with van der Waals surface area (Å²) in [4.78, 5) is 8.58. The molecule has 36 heavy (non-hydrogen) atoms. The van der Waals surface area contributed by atoms with Crippen molar-refractivity contribution in [3.63, 3.8) is 0 Å². The van der Waals surface area contributed by atoms with Crippen LogP contribution in [0.15, 0.2) is 90.8 Å². The lowest BCUT2D eigenvalue weighted by atomic mass is 10.1. The number of hydrogen-bond acceptors (Lipinski definition) is 4. The molecule has 0 spiro atoms. The van der Waals surface area contributed by atoms with Crippen LogP contribution in [0.2, 0.25) is 0 Å². The van der Waals surface area contributed by atoms with Gasteiger partial charge < -0.3 is 11.1 Å². The number of primary amides is 1. The number of hydrogen-bond donors (Lipinski definition) is 2. The molecule has 7 nitrogen and oxygen atoms in total. The maximum atomic E-state index is 8.58. The zero-order chi connectivity index (χ0) is 26.2. The fourth-order valence-electron chi connectivity index (χ4n) is 3.87. The first-order valence-electron chi connectivity index (χ1n) is 12.2. The zero-order valence-electron chi connectivity index (χ0n) is 21.8. The van der Waals surface area contributed by atoms with Crippen molar-refractivity contribution in [1.29, 1.82) is 0 Å². The Hall–Kier alpha value is -4.13. The van der Waals surface area contributed by atoms with Crippen molar-refractivity contribution in [2.75, 3.05) is 12.4 Å². The number of para-hydroxylation sites is 1. The highest BCUT2D eigenvalue weighted by molar-refractivity contribution is 5.69. The smallest absolute Gasteiger partial charge is 0.204 e. The minimum Gasteiger partial charge on any atom is -0.373 e. The molecule has 2 aromatic heterocycles. The van der Waals surface area contributed by atoms with Gasteiger partial charge >= 0.3 is 0 Å². The van der Waals surface area contributed by atoms with Crippen LogP contribution >= 0.6 is 0 Å². The second kappa shape index (κ2) is 15.7. The molecule has 1 amide bonds. The molecule has 4 aromatic rings. The lowest BCUT2D eigenvalue weighted by molar-refractivity contribution is -0.106. The Labute approximate surface area is 214 Å². The number of nitrogens with one attached hydrogen (secondary N) is 1. The van der Waals surface area contributed by atoms with Gasteiger partial charge in [-0.2, -0.15) is 10.2 Å². The summed E-state index contributed by atoms with van der Waals surface area (Å²) in [6.45, 7) is 4.21. The lowest BCUT2D eigenvalue weighted by Crippen LogP contribution is -2.02. The number of aryl methyl sites for hydroxylation is 1. The topological polar surface area (TPSA) is 90.8 Å². The number of nitrogens with two attached hydrogens (primary N) is 1. The molecule has 2 heterocycles. The van der Waals surface area contributed by atoms with Gasteiger partial charge in [0.2, 0.25) is 6.41 Å². The Balaban J connectivity index is 0.000000231. The van der Waals surface area contributed by atoms with Crippen LogP contribution in [0.1, 0.15) is 38.2 Å². The van der Waals surface area contributed by atoms with E-state index in [4.69, 9.17) is 9.89 Å². The highest BCUT2D eigenvalue weighted by atomic mass is 16.1. The van der Waals surface area contributed by atoms with Gasteiger partial charge in [0, 0.05) is 31.4 Å². The average Bonchev–Trinajstić information content (AvgIpc) is 3.67. The van der Waals surface area contributed by atoms with Crippen LogP contribution < -0.4 is 11.1 Å². The molecule has 190 valence electrons. The maximum Gasteiger partial charge on any atom is 0.204 e. The van der Waals surface area contributed by atoms with Gasteiger partial charge in [0.1, 0.15) is 11.5 Å². The van der Waals surface area contributed by atoms with E-state index in [0.717, 1.165) is 28.3 Å². The van der Waals surface area contributed by atoms with Crippen LogP contribution in [0.5, 0.6) is 0 Å². The highest BCUT2D eigenvalue weighted by Crippen LogP contribution is 2.29. The number of amides is 1. The Kier molecular flexibility index (Phi) is 12.3. The number of benzene rings is 2. The third-order valence-electron chi connectivity index (χ3n) is 5.66. The van der Waals surface area contributed by atoms with Crippen molar-refractivity contribution in [3.8, 4) is 16.9 Å². The number of carbonyl (C=O) groups is 1. The largest absolute Gasteiger partial charge is 0.373 e. The predicted molar refractivity (Wildman–Crippen MR) is 149 cm³/mol. The maximum absolute atomic E-state index is 8.58. The van der Waals surface area contributed by atoms with Crippen molar-refractivity contribution in [3.05, 3.63) is 96.3 Å². The molecule has 0 bridgehead atoms. The molecule has 1 aliphatic carbocycles. The van der Waals surface area contributed by atoms with E-state index in [-0.39, 0.29) is 6.41 Å². The fraction of sp³-hybridized carbons (Fsp3) is 0.276. The van der Waals surface area contributed by atoms with Gasteiger partial charge in [-0.25, -0.2) is 4.68 Å². The van der Waals surface area contributed by atoms with Gasteiger partial charge in [-0.1, -0.05) is 66.2 Å². The predicted octanol–water partition coefficient (Wildman–Crippen LogP) is 5.92. The minimum absolute atomic E-state index is 0.250. The Bertz CT molecular complexity index is 1140. The number of carbonyl (C=O) groups excluding carboxylic acids is 1. The van der Waals surface area contributed by atoms with Crippen LogP contribution in [0.25, 0.3) is 16.9 Å². The number of anilines is 1. The summed E-state index contributed by atoms with van der Waals surface area (Å²) >= 11 is 0. The molecule has 0 radical (unpaired) electrons. The van der Waals surface area contributed by atoms with Crippen molar-refractivity contribution < 1.29 is 4.79 Å². The third-order valence-corrected chi connectivity index (χ3v) is 5.66. The zero-order valence-corrected chi connectivity index (χ0v) is 21.8. The van der Waals surface area contributed by atoms with Gasteiger partial charge in [0.05, 0.1) is 11.9 Å². The number of rotatable bonds is 3. The first kappa shape index (κ1) is 28.1. The molecule has 0 atom stereocenters. The number of aromatic nitrogens is 4. The first-order valence-corrected chi connectivity index (χ1v) is 12.2. The minimum atomic E-state index is 0.250. The average molecular weight is 487 g/mol. The molecule has 3 N–H and O–H groups in total. The summed E-state index contributed by atoms with van der Waals surface area (Å²) < 4.78 is 3.72. The van der Waals surface area contributed by atoms with E-state index in [0.29, 0.717) is 0 Å². The normalized spacial score (nSPS) is 11.6. The molecule has 2 aromatic carbocycles. The van der Waals surface area contributed by atoms with Gasteiger partial charge in [0.25, 0.3) is 0 Å². The molecule has 1 saturated carbocycles. The van der Waals surface area contributed by atoms with Crippen molar-refractivity contribution in [2.24, 2.45) is 12.8 Å². The fourth-order valence-corrected chi connectivity index (χ4v) is 3.87. The van der Waals surface area contributed by atoms with Gasteiger partial charge in [-0.15, -0.1) is 0 Å². The molecule has 1 fully saturated rings. The summed E-state index contributed by atoms with van der Waals surface area (Å²) in [7, 11) is 3.82. The molecule has 1 aliphatic rings. The van der Waals surface area contributed by atoms with Gasteiger partial charge in [0.15, 0.2) is 0 Å². The summed E-state index contributed by atoms with van der Waals surface area (Å²) in [6.07, 6.45) is 11.9. The van der Waals surface area contributed by atoms with E-state index >= 15 is 0 Å². The summed E-state index contributed by atoms with van der Waals surface area (Å²) in [5, 5.41) is 12.2. The second-order valence-electron chi connectivity index (χ2n) is 8.17. The van der Waals surface area contributed by atoms with E-state index in [1.807, 2.05) is 97.9 Å². The van der Waals surface area contributed by atoms with Crippen LogP contribution in [0, 0.1) is 6.92 Å². The van der Waals surface area contributed by atoms with Crippen LogP contribution in [0.4, 0.5) is 5.82 Å². The van der Waals surface area contributed by atoms with E-state index < -0.39 is 0 Å². The van der Waals surface area contributed by atoms with E-state index in [1.165, 1.54) is 25.7 Å². The lowest BCUT2D eigenvalue weighted by Gasteiger charge is -2.06. The molecular weight excluding hydrogens is 448 g/mol. The number of allylic oxidation sites excluding steroid dienone is 2. The molecule has 0 unspecified atom stereocenters. The molecular formula is C29H38N6O. The van der Waals surface area contributed by atoms with E-state index in [2.05, 4.69) is 36.1 Å². The monoisotopic (exact) mass is 486 g/mol. The second-order valence-corrected chi connectivity index (χ2v) is 8.17. The van der Waals surface area contributed by atoms with Crippen molar-refractivity contribution in [2.45, 2.75) is 39.5 Å². The quantitative estimate of drug-likeness (QED) is 0.278. The highest BCUT2D eigenvalue weighted by Gasteiger charge is 2.16. The molecule has 5 rings (SSSR count). The van der Waals surface area contributed by atoms with E-state index in [9.17, 15) is 0 Å². The molecule has 0 aliphatic heterocycles. The summed E-state index contributed by atoms with van der Waals surface area (Å²) in [6, 6.07) is 22.1. The van der Waals surface area contributed by atoms with Crippen LogP contribution in [0.3, 0.4) is 0 Å². The van der Waals surface area contributed by atoms with Crippen molar-refractivity contribution >= 4 is 12.2 Å². The van der Waals surface area contributed by atoms with Crippen molar-refractivity contribution in [1.82, 2.24) is 19.6 Å². The Morgan fingerprint density at radius 1 is 0.972 bits per heavy atom. The molecule has 0 saturated heterocycles. The van der Waals surface area contributed by atoms with Crippen LogP contribution in [-0.2, 0) is 11.8 Å². The van der Waals surface area contributed by atoms with E-state index in [1.54, 1.807) is 10.3 Å². The summed E-state index contributed by atoms with van der Waals surface area (Å²) in [5.41, 5.74) is 9.96. The molecule has 7 heteroatoms. The Morgan fingerprint density at radius 2 is 1.50 bits per heavy atom. The van der Waals surface area contributed by atoms with Crippen LogP contribution in [-0.4, -0.2) is 33.0 Å². The van der Waals surface area contributed by atoms with Gasteiger partial charge in [-0.3, -0.25) is 9.48 Å². The Morgan fingerprint density at radius 3 is 1.92 bits per heavy atom.